The summed E-state index contributed by atoms with van der Waals surface area (Å²) in [7, 11) is 1.63. The van der Waals surface area contributed by atoms with Crippen molar-refractivity contribution >= 4 is 22.9 Å². The molecule has 0 saturated heterocycles. The molecule has 0 radical (unpaired) electrons. The summed E-state index contributed by atoms with van der Waals surface area (Å²) in [5, 5.41) is 9.16. The number of nitrogens with two attached hydrogens (primary N) is 1. The molecule has 0 aromatic heterocycles. The molecule has 1 rings (SSSR count). The molecule has 3 N–H and O–H groups in total. The van der Waals surface area contributed by atoms with Crippen molar-refractivity contribution in [3.8, 4) is 0 Å². The Kier molecular flexibility index (Phi) is 4.98. The second-order valence-electron chi connectivity index (χ2n) is 4.18. The van der Waals surface area contributed by atoms with Crippen LogP contribution in [0.15, 0.2) is 12.1 Å². The van der Waals surface area contributed by atoms with Crippen LogP contribution in [-0.4, -0.2) is 29.8 Å². The number of anilines is 1. The van der Waals surface area contributed by atoms with Crippen LogP contribution < -0.4 is 10.6 Å². The van der Waals surface area contributed by atoms with Crippen molar-refractivity contribution in [3.63, 3.8) is 0 Å². The topological polar surface area (TPSA) is 49.5 Å². The Morgan fingerprint density at radius 1 is 1.44 bits per heavy atom. The Balaban J connectivity index is 2.97. The Bertz CT molecular complexity index is 452. The van der Waals surface area contributed by atoms with Gasteiger partial charge in [-0.15, -0.1) is 0 Å². The van der Waals surface area contributed by atoms with Gasteiger partial charge < -0.3 is 15.7 Å². The van der Waals surface area contributed by atoms with E-state index in [2.05, 4.69) is 12.2 Å². The van der Waals surface area contributed by atoms with Gasteiger partial charge in [0.05, 0.1) is 11.8 Å². The summed E-state index contributed by atoms with van der Waals surface area (Å²) in [6.07, 6.45) is -0.0227. The summed E-state index contributed by atoms with van der Waals surface area (Å²) in [6.45, 7) is 2.06. The molecule has 1 unspecified atom stereocenters. The fourth-order valence-corrected chi connectivity index (χ4v) is 1.68. The monoisotopic (exact) mass is 274 g/mol. The van der Waals surface area contributed by atoms with E-state index in [0.717, 1.165) is 0 Å². The van der Waals surface area contributed by atoms with E-state index in [1.54, 1.807) is 14.0 Å². The first kappa shape index (κ1) is 14.8. The Morgan fingerprint density at radius 2 is 2.06 bits per heavy atom. The Hall–Kier alpha value is -1.27. The highest BCUT2D eigenvalue weighted by molar-refractivity contribution is 7.80. The number of benzene rings is 1. The molecule has 0 spiro atoms. The minimum absolute atomic E-state index is 0.102. The van der Waals surface area contributed by atoms with Crippen molar-refractivity contribution in [3.05, 3.63) is 29.3 Å². The molecule has 1 atom stereocenters. The van der Waals surface area contributed by atoms with E-state index in [4.69, 9.17) is 10.8 Å². The molecule has 0 amide bonds. The van der Waals surface area contributed by atoms with Gasteiger partial charge in [0, 0.05) is 19.2 Å². The van der Waals surface area contributed by atoms with Crippen LogP contribution in [0.4, 0.5) is 14.5 Å². The van der Waals surface area contributed by atoms with Crippen molar-refractivity contribution in [2.45, 2.75) is 19.4 Å². The fourth-order valence-electron chi connectivity index (χ4n) is 1.53. The summed E-state index contributed by atoms with van der Waals surface area (Å²) in [4.78, 5) is 1.36. The molecule has 0 aliphatic carbocycles. The van der Waals surface area contributed by atoms with E-state index < -0.39 is 17.7 Å². The molecule has 1 aromatic carbocycles. The smallest absolute Gasteiger partial charge is 0.182 e. The number of aliphatic hydroxyl groups is 1. The zero-order valence-corrected chi connectivity index (χ0v) is 11.1. The first-order valence-corrected chi connectivity index (χ1v) is 5.92. The number of aliphatic hydroxyl groups excluding tert-OH is 1. The van der Waals surface area contributed by atoms with E-state index in [-0.39, 0.29) is 16.2 Å². The maximum Gasteiger partial charge on any atom is 0.182 e. The largest absolute Gasteiger partial charge is 0.393 e. The number of hydrogen-bond donors (Lipinski definition) is 2. The van der Waals surface area contributed by atoms with Gasteiger partial charge >= 0.3 is 0 Å². The molecule has 0 fully saturated rings. The van der Waals surface area contributed by atoms with Gasteiger partial charge in [0.1, 0.15) is 4.99 Å². The minimum Gasteiger partial charge on any atom is -0.393 e. The lowest BCUT2D eigenvalue weighted by atomic mass is 10.1. The molecule has 0 aliphatic heterocycles. The molecular formula is C12H16F2N2OS. The molecular weight excluding hydrogens is 258 g/mol. The molecule has 18 heavy (non-hydrogen) atoms. The SMILES string of the molecule is CC(O)CCN(C)c1ccc(C(N)=S)c(F)c1F. The highest BCUT2D eigenvalue weighted by atomic mass is 32.1. The van der Waals surface area contributed by atoms with Crippen LogP contribution >= 0.6 is 12.2 Å². The van der Waals surface area contributed by atoms with Crippen LogP contribution in [-0.2, 0) is 0 Å². The molecule has 6 heteroatoms. The van der Waals surface area contributed by atoms with E-state index >= 15 is 0 Å². The third kappa shape index (κ3) is 3.36. The van der Waals surface area contributed by atoms with Crippen molar-refractivity contribution in [1.82, 2.24) is 0 Å². The third-order valence-corrected chi connectivity index (χ3v) is 2.84. The number of hydrogen-bond acceptors (Lipinski definition) is 3. The van der Waals surface area contributed by atoms with Crippen LogP contribution in [0.5, 0.6) is 0 Å². The van der Waals surface area contributed by atoms with Crippen molar-refractivity contribution in [2.75, 3.05) is 18.5 Å². The summed E-state index contributed by atoms with van der Waals surface area (Å²) in [6, 6.07) is 2.78. The molecule has 3 nitrogen and oxygen atoms in total. The molecule has 1 aromatic rings. The summed E-state index contributed by atoms with van der Waals surface area (Å²) in [5.41, 5.74) is 5.30. The number of halogens is 2. The van der Waals surface area contributed by atoms with Gasteiger partial charge in [0.15, 0.2) is 11.6 Å². The maximum absolute atomic E-state index is 13.8. The molecule has 0 bridgehead atoms. The summed E-state index contributed by atoms with van der Waals surface area (Å²) in [5.74, 6) is -2.02. The standard InChI is InChI=1S/C12H16F2N2OS/c1-7(17)5-6-16(2)9-4-3-8(12(15)18)10(13)11(9)14/h3-4,7,17H,5-6H2,1-2H3,(H2,15,18). The molecule has 100 valence electrons. The van der Waals surface area contributed by atoms with Crippen LogP contribution in [0.25, 0.3) is 0 Å². The molecule has 0 aliphatic rings. The van der Waals surface area contributed by atoms with E-state index in [1.165, 1.54) is 17.0 Å². The van der Waals surface area contributed by atoms with Gasteiger partial charge in [0.2, 0.25) is 0 Å². The van der Waals surface area contributed by atoms with Gasteiger partial charge in [-0.1, -0.05) is 12.2 Å². The summed E-state index contributed by atoms with van der Waals surface area (Å²) < 4.78 is 27.5. The van der Waals surface area contributed by atoms with Gasteiger partial charge in [-0.25, -0.2) is 8.78 Å². The molecule has 0 saturated carbocycles. The minimum atomic E-state index is -1.04. The lowest BCUT2D eigenvalue weighted by molar-refractivity contribution is 0.187. The van der Waals surface area contributed by atoms with Crippen molar-refractivity contribution < 1.29 is 13.9 Å². The van der Waals surface area contributed by atoms with Crippen LogP contribution in [0.3, 0.4) is 0 Å². The van der Waals surface area contributed by atoms with Crippen LogP contribution in [0, 0.1) is 11.6 Å². The average Bonchev–Trinajstić information content (AvgIpc) is 2.29. The zero-order valence-electron chi connectivity index (χ0n) is 10.3. The normalized spacial score (nSPS) is 12.3. The second-order valence-corrected chi connectivity index (χ2v) is 4.62. The lowest BCUT2D eigenvalue weighted by Crippen LogP contribution is -2.24. The van der Waals surface area contributed by atoms with Crippen LogP contribution in [0.2, 0.25) is 0 Å². The first-order valence-electron chi connectivity index (χ1n) is 5.51. The number of thiocarbonyl (C=S) groups is 1. The third-order valence-electron chi connectivity index (χ3n) is 2.62. The second kappa shape index (κ2) is 6.06. The Labute approximate surface area is 110 Å². The number of nitrogens with zero attached hydrogens (tertiary/aromatic N) is 1. The van der Waals surface area contributed by atoms with Gasteiger partial charge in [-0.2, -0.15) is 0 Å². The van der Waals surface area contributed by atoms with Crippen molar-refractivity contribution in [1.29, 1.82) is 0 Å². The van der Waals surface area contributed by atoms with E-state index in [0.29, 0.717) is 13.0 Å². The average molecular weight is 274 g/mol. The predicted molar refractivity (Wildman–Crippen MR) is 71.8 cm³/mol. The van der Waals surface area contributed by atoms with Crippen molar-refractivity contribution in [2.24, 2.45) is 5.73 Å². The van der Waals surface area contributed by atoms with E-state index in [9.17, 15) is 8.78 Å². The highest BCUT2D eigenvalue weighted by Gasteiger charge is 2.17. The maximum atomic E-state index is 13.8. The van der Waals surface area contributed by atoms with Gasteiger partial charge in [0.25, 0.3) is 0 Å². The fraction of sp³-hybridized carbons (Fsp3) is 0.417. The summed E-state index contributed by atoms with van der Waals surface area (Å²) >= 11 is 4.63. The quantitative estimate of drug-likeness (QED) is 0.804. The van der Waals surface area contributed by atoms with Gasteiger partial charge in [-0.3, -0.25) is 0 Å². The predicted octanol–water partition coefficient (Wildman–Crippen LogP) is 1.81. The van der Waals surface area contributed by atoms with Crippen LogP contribution in [0.1, 0.15) is 18.9 Å². The zero-order chi connectivity index (χ0) is 13.9. The van der Waals surface area contributed by atoms with E-state index in [1.807, 2.05) is 0 Å². The first-order chi connectivity index (χ1) is 8.34. The molecule has 0 heterocycles. The highest BCUT2D eigenvalue weighted by Crippen LogP contribution is 2.23. The number of rotatable bonds is 5. The van der Waals surface area contributed by atoms with Gasteiger partial charge in [-0.05, 0) is 25.5 Å². The Morgan fingerprint density at radius 3 is 2.56 bits per heavy atom. The lowest BCUT2D eigenvalue weighted by Gasteiger charge is -2.21.